The van der Waals surface area contributed by atoms with Gasteiger partial charge in [-0.25, -0.2) is 9.18 Å². The molecule has 0 saturated carbocycles. The molecule has 0 bridgehead atoms. The molecule has 0 aliphatic carbocycles. The number of hydrogen-bond acceptors (Lipinski definition) is 3. The average Bonchev–Trinajstić information content (AvgIpc) is 2.83. The molecule has 5 nitrogen and oxygen atoms in total. The monoisotopic (exact) mass is 435 g/mol. The summed E-state index contributed by atoms with van der Waals surface area (Å²) >= 11 is 0. The molecule has 32 heavy (non-hydrogen) atoms. The summed E-state index contributed by atoms with van der Waals surface area (Å²) in [7, 11) is 0. The minimum absolute atomic E-state index is 0.0223. The number of ether oxygens (including phenoxy) is 2. The summed E-state index contributed by atoms with van der Waals surface area (Å²) in [6, 6.07) is 22.5. The van der Waals surface area contributed by atoms with Crippen LogP contribution in [-0.4, -0.2) is 29.2 Å². The Labute approximate surface area is 187 Å². The molecule has 3 aromatic rings. The van der Waals surface area contributed by atoms with Crippen LogP contribution in [0.25, 0.3) is 0 Å². The minimum Gasteiger partial charge on any atom is -0.488 e. The number of carbonyl (C=O) groups is 1. The molecule has 0 radical (unpaired) electrons. The Morgan fingerprint density at radius 3 is 1.94 bits per heavy atom. The third-order valence-electron chi connectivity index (χ3n) is 5.74. The predicted octanol–water partition coefficient (Wildman–Crippen LogP) is 5.84. The molecule has 166 valence electrons. The second kappa shape index (κ2) is 10.2. The van der Waals surface area contributed by atoms with E-state index in [1.807, 2.05) is 60.7 Å². The van der Waals surface area contributed by atoms with E-state index in [4.69, 9.17) is 9.47 Å². The van der Waals surface area contributed by atoms with Crippen LogP contribution >= 0.6 is 0 Å². The van der Waals surface area contributed by atoms with Crippen molar-refractivity contribution in [1.82, 2.24) is 4.90 Å². The Balaban J connectivity index is 1.56. The Morgan fingerprint density at radius 2 is 1.41 bits per heavy atom. The summed E-state index contributed by atoms with van der Waals surface area (Å²) in [4.78, 5) is 12.6. The second-order valence-corrected chi connectivity index (χ2v) is 7.91. The number of likely N-dealkylation sites (tertiary alicyclic amines) is 1. The van der Waals surface area contributed by atoms with E-state index >= 15 is 0 Å². The molecule has 0 aromatic heterocycles. The molecule has 3 aromatic carbocycles. The molecule has 1 heterocycles. The quantitative estimate of drug-likeness (QED) is 0.506. The maximum atomic E-state index is 15.0. The van der Waals surface area contributed by atoms with Crippen molar-refractivity contribution in [2.24, 2.45) is 0 Å². The predicted molar refractivity (Wildman–Crippen MR) is 120 cm³/mol. The average molecular weight is 435 g/mol. The van der Waals surface area contributed by atoms with E-state index in [0.29, 0.717) is 38.3 Å². The summed E-state index contributed by atoms with van der Waals surface area (Å²) in [6.45, 7) is 1.45. The van der Waals surface area contributed by atoms with Gasteiger partial charge in [0.25, 0.3) is 0 Å². The maximum absolute atomic E-state index is 15.0. The molecule has 1 saturated heterocycles. The van der Waals surface area contributed by atoms with Crippen LogP contribution in [0.5, 0.6) is 11.5 Å². The van der Waals surface area contributed by atoms with Crippen LogP contribution in [0.15, 0.2) is 72.8 Å². The highest BCUT2D eigenvalue weighted by molar-refractivity contribution is 5.65. The van der Waals surface area contributed by atoms with E-state index < -0.39 is 11.9 Å². The van der Waals surface area contributed by atoms with Crippen LogP contribution < -0.4 is 9.47 Å². The molecule has 0 atom stereocenters. The first-order valence-electron chi connectivity index (χ1n) is 10.7. The normalized spacial score (nSPS) is 14.2. The van der Waals surface area contributed by atoms with Crippen LogP contribution in [-0.2, 0) is 13.2 Å². The van der Waals surface area contributed by atoms with Crippen molar-refractivity contribution in [3.63, 3.8) is 0 Å². The first kappa shape index (κ1) is 21.7. The Kier molecular flexibility index (Phi) is 6.90. The molecule has 1 aliphatic heterocycles. The van der Waals surface area contributed by atoms with Crippen LogP contribution in [0.4, 0.5) is 9.18 Å². The third kappa shape index (κ3) is 5.38. The van der Waals surface area contributed by atoms with Crippen LogP contribution in [0, 0.1) is 5.82 Å². The van der Waals surface area contributed by atoms with Gasteiger partial charge in [0.2, 0.25) is 0 Å². The van der Waals surface area contributed by atoms with Gasteiger partial charge in [0.15, 0.2) is 11.6 Å². The first-order valence-corrected chi connectivity index (χ1v) is 10.7. The van der Waals surface area contributed by atoms with Crippen molar-refractivity contribution >= 4 is 6.09 Å². The summed E-state index contributed by atoms with van der Waals surface area (Å²) in [6.07, 6.45) is 0.329. The van der Waals surface area contributed by atoms with Crippen LogP contribution in [0.2, 0.25) is 0 Å². The van der Waals surface area contributed by atoms with Gasteiger partial charge in [-0.15, -0.1) is 0 Å². The highest BCUT2D eigenvalue weighted by atomic mass is 19.1. The zero-order valence-corrected chi connectivity index (χ0v) is 17.7. The number of halogens is 1. The standard InChI is InChI=1S/C26H26FNO4/c27-23-15-22(21-11-13-28(14-12-21)26(29)30)24(31-17-19-7-3-1-4-8-19)16-25(23)32-18-20-9-5-2-6-10-20/h1-10,15-16,21H,11-14,17-18H2,(H,29,30). The Morgan fingerprint density at radius 1 is 0.875 bits per heavy atom. The number of amides is 1. The number of rotatable bonds is 7. The Bertz CT molecular complexity index is 1030. The smallest absolute Gasteiger partial charge is 0.407 e. The molecule has 0 unspecified atom stereocenters. The lowest BCUT2D eigenvalue weighted by Crippen LogP contribution is -2.36. The van der Waals surface area contributed by atoms with E-state index in [-0.39, 0.29) is 18.3 Å². The number of nitrogens with zero attached hydrogens (tertiary/aromatic N) is 1. The first-order chi connectivity index (χ1) is 15.6. The van der Waals surface area contributed by atoms with E-state index in [1.165, 1.54) is 11.0 Å². The molecule has 6 heteroatoms. The van der Waals surface area contributed by atoms with Gasteiger partial charge in [-0.2, -0.15) is 0 Å². The Hall–Kier alpha value is -3.54. The van der Waals surface area contributed by atoms with Gasteiger partial charge in [-0.05, 0) is 36.0 Å². The van der Waals surface area contributed by atoms with Crippen molar-refractivity contribution in [1.29, 1.82) is 0 Å². The molecule has 0 spiro atoms. The van der Waals surface area contributed by atoms with E-state index in [2.05, 4.69) is 0 Å². The number of hydrogen-bond donors (Lipinski definition) is 1. The van der Waals surface area contributed by atoms with Crippen molar-refractivity contribution < 1.29 is 23.8 Å². The number of benzene rings is 3. The van der Waals surface area contributed by atoms with Crippen molar-refractivity contribution in [2.75, 3.05) is 13.1 Å². The van der Waals surface area contributed by atoms with Crippen LogP contribution in [0.3, 0.4) is 0 Å². The lowest BCUT2D eigenvalue weighted by molar-refractivity contribution is 0.131. The summed E-state index contributed by atoms with van der Waals surface area (Å²) < 4.78 is 26.9. The van der Waals surface area contributed by atoms with Gasteiger partial charge in [0, 0.05) is 24.7 Å². The molecular weight excluding hydrogens is 409 g/mol. The zero-order valence-electron chi connectivity index (χ0n) is 17.7. The van der Waals surface area contributed by atoms with Gasteiger partial charge in [-0.3, -0.25) is 0 Å². The summed E-state index contributed by atoms with van der Waals surface area (Å²) in [5, 5.41) is 9.22. The fourth-order valence-corrected chi connectivity index (χ4v) is 3.96. The fourth-order valence-electron chi connectivity index (χ4n) is 3.96. The lowest BCUT2D eigenvalue weighted by Gasteiger charge is -2.31. The van der Waals surface area contributed by atoms with Gasteiger partial charge in [0.05, 0.1) is 0 Å². The molecule has 1 fully saturated rings. The highest BCUT2D eigenvalue weighted by Gasteiger charge is 2.27. The van der Waals surface area contributed by atoms with Crippen molar-refractivity contribution in [3.05, 3.63) is 95.3 Å². The molecule has 1 amide bonds. The largest absolute Gasteiger partial charge is 0.488 e. The van der Waals surface area contributed by atoms with Crippen molar-refractivity contribution in [3.8, 4) is 11.5 Å². The SMILES string of the molecule is O=C(O)N1CCC(c2cc(F)c(OCc3ccccc3)cc2OCc2ccccc2)CC1. The molecule has 1 N–H and O–H groups in total. The van der Waals surface area contributed by atoms with E-state index in [9.17, 15) is 14.3 Å². The maximum Gasteiger partial charge on any atom is 0.407 e. The second-order valence-electron chi connectivity index (χ2n) is 7.91. The number of piperidine rings is 1. The van der Waals surface area contributed by atoms with Crippen LogP contribution in [0.1, 0.15) is 35.4 Å². The molecule has 1 aliphatic rings. The van der Waals surface area contributed by atoms with Gasteiger partial charge in [-0.1, -0.05) is 60.7 Å². The van der Waals surface area contributed by atoms with Crippen molar-refractivity contribution in [2.45, 2.75) is 32.0 Å². The minimum atomic E-state index is -0.917. The third-order valence-corrected chi connectivity index (χ3v) is 5.74. The van der Waals surface area contributed by atoms with Gasteiger partial charge in [0.1, 0.15) is 19.0 Å². The summed E-state index contributed by atoms with van der Waals surface area (Å²) in [5.74, 6) is 0.299. The molecule has 4 rings (SSSR count). The molecular formula is C26H26FNO4. The zero-order chi connectivity index (χ0) is 22.3. The van der Waals surface area contributed by atoms with E-state index in [1.54, 1.807) is 6.07 Å². The topological polar surface area (TPSA) is 59.0 Å². The van der Waals surface area contributed by atoms with Gasteiger partial charge < -0.3 is 19.5 Å². The number of carboxylic acid groups (broad SMARTS) is 1. The highest BCUT2D eigenvalue weighted by Crippen LogP contribution is 2.38. The summed E-state index contributed by atoms with van der Waals surface area (Å²) in [5.41, 5.74) is 2.72. The van der Waals surface area contributed by atoms with E-state index in [0.717, 1.165) is 16.7 Å². The van der Waals surface area contributed by atoms with Gasteiger partial charge >= 0.3 is 6.09 Å². The lowest BCUT2D eigenvalue weighted by atomic mass is 9.88. The fraction of sp³-hybridized carbons (Fsp3) is 0.269.